The van der Waals surface area contributed by atoms with Crippen molar-refractivity contribution in [1.82, 2.24) is 5.16 Å². The van der Waals surface area contributed by atoms with Gasteiger partial charge in [-0.3, -0.25) is 4.79 Å². The van der Waals surface area contributed by atoms with Crippen LogP contribution in [0.25, 0.3) is 11.3 Å². The zero-order chi connectivity index (χ0) is 16.5. The molecule has 0 saturated heterocycles. The summed E-state index contributed by atoms with van der Waals surface area (Å²) in [5, 5.41) is 3.84. The average Bonchev–Trinajstić information content (AvgIpc) is 3.28. The molecule has 0 fully saturated rings. The minimum atomic E-state index is -0.0907. The third-order valence-corrected chi connectivity index (χ3v) is 4.29. The number of fused-ring (bicyclic) bond motifs is 1. The van der Waals surface area contributed by atoms with Gasteiger partial charge in [0.2, 0.25) is 0 Å². The quantitative estimate of drug-likeness (QED) is 0.740. The van der Waals surface area contributed by atoms with Crippen molar-refractivity contribution in [1.29, 1.82) is 0 Å². The smallest absolute Gasteiger partial charge is 0.263 e. The molecule has 24 heavy (non-hydrogen) atoms. The van der Waals surface area contributed by atoms with Crippen LogP contribution in [0.2, 0.25) is 0 Å². The predicted molar refractivity (Wildman–Crippen MR) is 90.3 cm³/mol. The molecule has 0 saturated carbocycles. The Kier molecular flexibility index (Phi) is 3.54. The lowest BCUT2D eigenvalue weighted by Gasteiger charge is -2.16. The van der Waals surface area contributed by atoms with Crippen molar-refractivity contribution in [2.75, 3.05) is 18.6 Å². The van der Waals surface area contributed by atoms with Crippen molar-refractivity contribution in [3.05, 3.63) is 65.9 Å². The number of anilines is 1. The van der Waals surface area contributed by atoms with Gasteiger partial charge in [0.25, 0.3) is 5.91 Å². The van der Waals surface area contributed by atoms with Crippen molar-refractivity contribution in [3.8, 4) is 17.1 Å². The van der Waals surface area contributed by atoms with Crippen molar-refractivity contribution < 1.29 is 14.1 Å². The minimum Gasteiger partial charge on any atom is -0.497 e. The molecule has 1 amide bonds. The first-order chi connectivity index (χ1) is 11.8. The number of rotatable bonds is 3. The topological polar surface area (TPSA) is 55.6 Å². The van der Waals surface area contributed by atoms with Crippen LogP contribution in [0, 0.1) is 0 Å². The molecule has 3 aromatic rings. The first-order valence-corrected chi connectivity index (χ1v) is 7.77. The summed E-state index contributed by atoms with van der Waals surface area (Å²) < 4.78 is 10.5. The summed E-state index contributed by atoms with van der Waals surface area (Å²) in [6.07, 6.45) is 2.36. The summed E-state index contributed by atoms with van der Waals surface area (Å²) in [6.45, 7) is 0.672. The standard InChI is InChI=1S/C19H16N2O3/c1-23-15-8-6-14(7-9-15)18-16(12-20-24-18)19(22)21-11-10-13-4-2-3-5-17(13)21/h2-9,12H,10-11H2,1H3. The fourth-order valence-corrected chi connectivity index (χ4v) is 3.04. The summed E-state index contributed by atoms with van der Waals surface area (Å²) in [5.74, 6) is 1.14. The maximum atomic E-state index is 13.0. The SMILES string of the molecule is COc1ccc(-c2oncc2C(=O)N2CCc3ccccc32)cc1. The number of nitrogens with zero attached hydrogens (tertiary/aromatic N) is 2. The lowest BCUT2D eigenvalue weighted by Crippen LogP contribution is -2.28. The first kappa shape index (κ1) is 14.5. The van der Waals surface area contributed by atoms with Crippen LogP contribution < -0.4 is 9.64 Å². The number of ether oxygens (including phenoxy) is 1. The number of amides is 1. The highest BCUT2D eigenvalue weighted by Crippen LogP contribution is 2.32. The van der Waals surface area contributed by atoms with E-state index in [4.69, 9.17) is 9.26 Å². The van der Waals surface area contributed by atoms with Gasteiger partial charge in [-0.2, -0.15) is 0 Å². The maximum Gasteiger partial charge on any atom is 0.263 e. The molecular formula is C19H16N2O3. The monoisotopic (exact) mass is 320 g/mol. The Labute approximate surface area is 139 Å². The second kappa shape index (κ2) is 5.85. The number of para-hydroxylation sites is 1. The van der Waals surface area contributed by atoms with Crippen molar-refractivity contribution in [2.45, 2.75) is 6.42 Å². The Bertz CT molecular complexity index is 884. The van der Waals surface area contributed by atoms with Gasteiger partial charge >= 0.3 is 0 Å². The molecule has 2 heterocycles. The zero-order valence-corrected chi connectivity index (χ0v) is 13.2. The number of benzene rings is 2. The zero-order valence-electron chi connectivity index (χ0n) is 13.2. The highest BCUT2D eigenvalue weighted by atomic mass is 16.5. The van der Waals surface area contributed by atoms with E-state index in [1.54, 1.807) is 12.0 Å². The van der Waals surface area contributed by atoms with Gasteiger partial charge in [-0.15, -0.1) is 0 Å². The second-order valence-corrected chi connectivity index (χ2v) is 5.63. The average molecular weight is 320 g/mol. The first-order valence-electron chi connectivity index (χ1n) is 7.77. The van der Waals surface area contributed by atoms with Crippen LogP contribution >= 0.6 is 0 Å². The van der Waals surface area contributed by atoms with Crippen LogP contribution in [0.4, 0.5) is 5.69 Å². The third kappa shape index (κ3) is 2.34. The molecule has 0 N–H and O–H groups in total. The minimum absolute atomic E-state index is 0.0907. The maximum absolute atomic E-state index is 13.0. The Morgan fingerprint density at radius 2 is 1.96 bits per heavy atom. The van der Waals surface area contributed by atoms with Gasteiger partial charge < -0.3 is 14.2 Å². The number of carbonyl (C=O) groups is 1. The van der Waals surface area contributed by atoms with Gasteiger partial charge in [0.1, 0.15) is 11.3 Å². The molecule has 0 bridgehead atoms. The molecule has 1 aliphatic heterocycles. The number of hydrogen-bond donors (Lipinski definition) is 0. The molecule has 4 rings (SSSR count). The van der Waals surface area contributed by atoms with Gasteiger partial charge in [0.15, 0.2) is 5.76 Å². The van der Waals surface area contributed by atoms with Crippen molar-refractivity contribution >= 4 is 11.6 Å². The molecule has 1 aromatic heterocycles. The molecule has 2 aromatic carbocycles. The Balaban J connectivity index is 1.68. The lowest BCUT2D eigenvalue weighted by atomic mass is 10.1. The van der Waals surface area contributed by atoms with E-state index < -0.39 is 0 Å². The molecular weight excluding hydrogens is 304 g/mol. The molecule has 0 atom stereocenters. The summed E-state index contributed by atoms with van der Waals surface area (Å²) in [4.78, 5) is 14.8. The van der Waals surface area contributed by atoms with Gasteiger partial charge in [0.05, 0.1) is 13.3 Å². The van der Waals surface area contributed by atoms with Crippen LogP contribution in [0.5, 0.6) is 5.75 Å². The van der Waals surface area contributed by atoms with E-state index in [-0.39, 0.29) is 5.91 Å². The van der Waals surface area contributed by atoms with Gasteiger partial charge in [-0.1, -0.05) is 23.4 Å². The molecule has 0 unspecified atom stereocenters. The van der Waals surface area contributed by atoms with Crippen LogP contribution in [0.1, 0.15) is 15.9 Å². The van der Waals surface area contributed by atoms with E-state index in [0.717, 1.165) is 23.4 Å². The molecule has 1 aliphatic rings. The summed E-state index contributed by atoms with van der Waals surface area (Å²) in [6, 6.07) is 15.3. The lowest BCUT2D eigenvalue weighted by molar-refractivity contribution is 0.0989. The normalized spacial score (nSPS) is 13.0. The van der Waals surface area contributed by atoms with Gasteiger partial charge in [-0.25, -0.2) is 0 Å². The summed E-state index contributed by atoms with van der Waals surface area (Å²) in [7, 11) is 1.61. The molecule has 5 nitrogen and oxygen atoms in total. The highest BCUT2D eigenvalue weighted by molar-refractivity contribution is 6.10. The molecule has 5 heteroatoms. The van der Waals surface area contributed by atoms with Crippen molar-refractivity contribution in [3.63, 3.8) is 0 Å². The number of hydrogen-bond acceptors (Lipinski definition) is 4. The van der Waals surface area contributed by atoms with Crippen LogP contribution in [0.15, 0.2) is 59.3 Å². The predicted octanol–water partition coefficient (Wildman–Crippen LogP) is 3.55. The second-order valence-electron chi connectivity index (χ2n) is 5.63. The van der Waals surface area contributed by atoms with Crippen LogP contribution in [-0.2, 0) is 6.42 Å². The molecule has 0 aliphatic carbocycles. The Hall–Kier alpha value is -3.08. The fourth-order valence-electron chi connectivity index (χ4n) is 3.04. The number of aromatic nitrogens is 1. The van der Waals surface area contributed by atoms with E-state index in [9.17, 15) is 4.79 Å². The summed E-state index contributed by atoms with van der Waals surface area (Å²) in [5.41, 5.74) is 3.42. The van der Waals surface area contributed by atoms with E-state index in [1.165, 1.54) is 11.8 Å². The van der Waals surface area contributed by atoms with E-state index in [2.05, 4.69) is 11.2 Å². The molecule has 0 spiro atoms. The van der Waals surface area contributed by atoms with Gasteiger partial charge in [-0.05, 0) is 42.3 Å². The van der Waals surface area contributed by atoms with Crippen molar-refractivity contribution in [2.24, 2.45) is 0 Å². The largest absolute Gasteiger partial charge is 0.497 e. The van der Waals surface area contributed by atoms with Crippen LogP contribution in [-0.4, -0.2) is 24.7 Å². The Morgan fingerprint density at radius 1 is 1.17 bits per heavy atom. The third-order valence-electron chi connectivity index (χ3n) is 4.29. The van der Waals surface area contributed by atoms with E-state index in [1.807, 2.05) is 42.5 Å². The fraction of sp³-hybridized carbons (Fsp3) is 0.158. The van der Waals surface area contributed by atoms with Gasteiger partial charge in [0, 0.05) is 17.8 Å². The van der Waals surface area contributed by atoms with Crippen LogP contribution in [0.3, 0.4) is 0 Å². The Morgan fingerprint density at radius 3 is 2.75 bits per heavy atom. The number of methoxy groups -OCH3 is 1. The van der Waals surface area contributed by atoms with E-state index >= 15 is 0 Å². The summed E-state index contributed by atoms with van der Waals surface area (Å²) >= 11 is 0. The molecule has 120 valence electrons. The number of carbonyl (C=O) groups excluding carboxylic acids is 1. The van der Waals surface area contributed by atoms with E-state index in [0.29, 0.717) is 17.9 Å². The highest BCUT2D eigenvalue weighted by Gasteiger charge is 2.28. The molecule has 0 radical (unpaired) electrons.